The molecule has 1 aliphatic rings. The van der Waals surface area contributed by atoms with E-state index in [9.17, 15) is 5.11 Å². The molecule has 0 aliphatic heterocycles. The van der Waals surface area contributed by atoms with Gasteiger partial charge in [-0.3, -0.25) is 0 Å². The molecule has 0 bridgehead atoms. The lowest BCUT2D eigenvalue weighted by Gasteiger charge is -2.45. The molecule has 2 N–H and O–H groups in total. The summed E-state index contributed by atoms with van der Waals surface area (Å²) in [5.41, 5.74) is -0.0448. The number of rotatable bonds is 8. The summed E-state index contributed by atoms with van der Waals surface area (Å²) in [7, 11) is 0. The predicted molar refractivity (Wildman–Crippen MR) is 82.5 cm³/mol. The minimum absolute atomic E-state index is 0.0448. The molecule has 3 heteroatoms. The number of aliphatic hydroxyl groups excluding tert-OH is 1. The van der Waals surface area contributed by atoms with Gasteiger partial charge in [0.1, 0.15) is 0 Å². The van der Waals surface area contributed by atoms with Gasteiger partial charge in [0.25, 0.3) is 0 Å². The molecular formula is C16H34N2O. The van der Waals surface area contributed by atoms with Gasteiger partial charge in [0.2, 0.25) is 0 Å². The van der Waals surface area contributed by atoms with Crippen LogP contribution in [-0.4, -0.2) is 47.3 Å². The highest BCUT2D eigenvalue weighted by Crippen LogP contribution is 2.31. The van der Waals surface area contributed by atoms with Crippen molar-refractivity contribution in [3.8, 4) is 0 Å². The number of hydrogen-bond acceptors (Lipinski definition) is 3. The Morgan fingerprint density at radius 1 is 1.26 bits per heavy atom. The minimum Gasteiger partial charge on any atom is -0.394 e. The Bertz CT molecular complexity index is 239. The van der Waals surface area contributed by atoms with Gasteiger partial charge in [-0.05, 0) is 51.6 Å². The predicted octanol–water partition coefficient (Wildman–Crippen LogP) is 2.78. The van der Waals surface area contributed by atoms with E-state index >= 15 is 0 Å². The fourth-order valence-corrected chi connectivity index (χ4v) is 3.63. The summed E-state index contributed by atoms with van der Waals surface area (Å²) in [5, 5.41) is 13.5. The number of hydrogen-bond donors (Lipinski definition) is 2. The molecule has 3 nitrogen and oxygen atoms in total. The molecule has 0 aromatic heterocycles. The van der Waals surface area contributed by atoms with Crippen molar-refractivity contribution < 1.29 is 5.11 Å². The SMILES string of the molecule is CCCN(CCC)C1CCCC(CO)(NC(C)C)C1. The molecule has 2 atom stereocenters. The van der Waals surface area contributed by atoms with E-state index in [1.807, 2.05) is 0 Å². The zero-order valence-corrected chi connectivity index (χ0v) is 13.4. The van der Waals surface area contributed by atoms with Crippen molar-refractivity contribution in [1.82, 2.24) is 10.2 Å². The summed E-state index contributed by atoms with van der Waals surface area (Å²) in [6.45, 7) is 11.5. The molecule has 0 aromatic rings. The second-order valence-electron chi connectivity index (χ2n) is 6.52. The maximum absolute atomic E-state index is 9.87. The monoisotopic (exact) mass is 270 g/mol. The summed E-state index contributed by atoms with van der Waals surface area (Å²) in [5.74, 6) is 0. The van der Waals surface area contributed by atoms with Gasteiger partial charge in [-0.2, -0.15) is 0 Å². The van der Waals surface area contributed by atoms with Gasteiger partial charge in [-0.25, -0.2) is 0 Å². The first-order valence-electron chi connectivity index (χ1n) is 8.19. The molecule has 114 valence electrons. The lowest BCUT2D eigenvalue weighted by molar-refractivity contribution is 0.0540. The maximum Gasteiger partial charge on any atom is 0.0613 e. The number of nitrogens with zero attached hydrogens (tertiary/aromatic N) is 1. The summed E-state index contributed by atoms with van der Waals surface area (Å²) in [6.07, 6.45) is 7.18. The van der Waals surface area contributed by atoms with Gasteiger partial charge >= 0.3 is 0 Å². The van der Waals surface area contributed by atoms with Gasteiger partial charge in [-0.15, -0.1) is 0 Å². The van der Waals surface area contributed by atoms with E-state index in [1.165, 1.54) is 38.8 Å². The molecule has 0 amide bonds. The lowest BCUT2D eigenvalue weighted by atomic mass is 9.78. The second kappa shape index (κ2) is 8.23. The zero-order chi connectivity index (χ0) is 14.3. The third-order valence-corrected chi connectivity index (χ3v) is 4.25. The summed E-state index contributed by atoms with van der Waals surface area (Å²) in [6, 6.07) is 1.09. The number of aliphatic hydroxyl groups is 1. The highest BCUT2D eigenvalue weighted by Gasteiger charge is 2.37. The Kier molecular flexibility index (Phi) is 7.33. The van der Waals surface area contributed by atoms with Crippen molar-refractivity contribution >= 4 is 0 Å². The van der Waals surface area contributed by atoms with Crippen molar-refractivity contribution in [1.29, 1.82) is 0 Å². The first-order valence-corrected chi connectivity index (χ1v) is 8.19. The first kappa shape index (κ1) is 16.9. The highest BCUT2D eigenvalue weighted by atomic mass is 16.3. The van der Waals surface area contributed by atoms with Crippen LogP contribution in [-0.2, 0) is 0 Å². The highest BCUT2D eigenvalue weighted by molar-refractivity contribution is 4.97. The zero-order valence-electron chi connectivity index (χ0n) is 13.4. The molecule has 0 heterocycles. The van der Waals surface area contributed by atoms with E-state index in [4.69, 9.17) is 0 Å². The third kappa shape index (κ3) is 5.05. The quantitative estimate of drug-likeness (QED) is 0.712. The Morgan fingerprint density at radius 2 is 1.89 bits per heavy atom. The van der Waals surface area contributed by atoms with Crippen molar-refractivity contribution in [3.63, 3.8) is 0 Å². The molecule has 0 spiro atoms. The smallest absolute Gasteiger partial charge is 0.0613 e. The molecule has 2 unspecified atom stereocenters. The maximum atomic E-state index is 9.87. The van der Waals surface area contributed by atoms with E-state index in [1.54, 1.807) is 0 Å². The lowest BCUT2D eigenvalue weighted by Crippen LogP contribution is -2.57. The van der Waals surface area contributed by atoms with E-state index in [0.29, 0.717) is 12.1 Å². The fourth-order valence-electron chi connectivity index (χ4n) is 3.63. The van der Waals surface area contributed by atoms with Gasteiger partial charge in [0, 0.05) is 17.6 Å². The van der Waals surface area contributed by atoms with E-state index < -0.39 is 0 Å². The van der Waals surface area contributed by atoms with Crippen LogP contribution in [0.15, 0.2) is 0 Å². The van der Waals surface area contributed by atoms with Crippen molar-refractivity contribution in [2.24, 2.45) is 0 Å². The Morgan fingerprint density at radius 3 is 2.37 bits per heavy atom. The Balaban J connectivity index is 2.69. The van der Waals surface area contributed by atoms with Crippen molar-refractivity contribution in [3.05, 3.63) is 0 Å². The normalized spacial score (nSPS) is 28.3. The van der Waals surface area contributed by atoms with Crippen LogP contribution >= 0.6 is 0 Å². The summed E-state index contributed by atoms with van der Waals surface area (Å²) in [4.78, 5) is 2.64. The molecule has 0 aromatic carbocycles. The van der Waals surface area contributed by atoms with Crippen LogP contribution in [0.2, 0.25) is 0 Å². The molecule has 0 radical (unpaired) electrons. The standard InChI is InChI=1S/C16H34N2O/c1-5-10-18(11-6-2)15-8-7-9-16(12-15,13-19)17-14(3)4/h14-15,17,19H,5-13H2,1-4H3. The van der Waals surface area contributed by atoms with Crippen LogP contribution in [0.1, 0.15) is 66.2 Å². The van der Waals surface area contributed by atoms with E-state index in [0.717, 1.165) is 12.8 Å². The van der Waals surface area contributed by atoms with Gasteiger partial charge in [-0.1, -0.05) is 27.7 Å². The van der Waals surface area contributed by atoms with Gasteiger partial charge in [0.05, 0.1) is 6.61 Å². The second-order valence-corrected chi connectivity index (χ2v) is 6.52. The molecule has 1 rings (SSSR count). The fraction of sp³-hybridized carbons (Fsp3) is 1.00. The summed E-state index contributed by atoms with van der Waals surface area (Å²) < 4.78 is 0. The van der Waals surface area contributed by atoms with Gasteiger partial charge in [0.15, 0.2) is 0 Å². The average molecular weight is 270 g/mol. The van der Waals surface area contributed by atoms with Crippen LogP contribution in [0.5, 0.6) is 0 Å². The molecule has 1 saturated carbocycles. The molecule has 1 fully saturated rings. The molecule has 19 heavy (non-hydrogen) atoms. The van der Waals surface area contributed by atoms with Gasteiger partial charge < -0.3 is 15.3 Å². The average Bonchev–Trinajstić information content (AvgIpc) is 2.38. The van der Waals surface area contributed by atoms with Crippen LogP contribution in [0.25, 0.3) is 0 Å². The summed E-state index contributed by atoms with van der Waals surface area (Å²) >= 11 is 0. The van der Waals surface area contributed by atoms with Crippen LogP contribution in [0, 0.1) is 0 Å². The van der Waals surface area contributed by atoms with Crippen molar-refractivity contribution in [2.45, 2.75) is 83.8 Å². The molecule has 0 saturated heterocycles. The number of nitrogens with one attached hydrogen (secondary N) is 1. The Hall–Kier alpha value is -0.120. The minimum atomic E-state index is -0.0448. The van der Waals surface area contributed by atoms with Crippen LogP contribution in [0.4, 0.5) is 0 Å². The largest absolute Gasteiger partial charge is 0.394 e. The van der Waals surface area contributed by atoms with Crippen LogP contribution < -0.4 is 5.32 Å². The third-order valence-electron chi connectivity index (χ3n) is 4.25. The Labute approximate surface area is 119 Å². The van der Waals surface area contributed by atoms with E-state index in [-0.39, 0.29) is 12.1 Å². The van der Waals surface area contributed by atoms with Crippen LogP contribution in [0.3, 0.4) is 0 Å². The molecular weight excluding hydrogens is 236 g/mol. The topological polar surface area (TPSA) is 35.5 Å². The van der Waals surface area contributed by atoms with Crippen molar-refractivity contribution in [2.75, 3.05) is 19.7 Å². The molecule has 1 aliphatic carbocycles. The van der Waals surface area contributed by atoms with E-state index in [2.05, 4.69) is 37.9 Å². The first-order chi connectivity index (χ1) is 9.06.